The van der Waals surface area contributed by atoms with Gasteiger partial charge < -0.3 is 9.84 Å². The summed E-state index contributed by atoms with van der Waals surface area (Å²) in [6, 6.07) is 5.02. The normalized spacial score (nSPS) is 10.9. The number of hydrogen-bond acceptors (Lipinski definition) is 3. The van der Waals surface area contributed by atoms with E-state index in [0.717, 1.165) is 22.6 Å². The number of nitrogens with zero attached hydrogens (tertiary/aromatic N) is 1. The van der Waals surface area contributed by atoms with E-state index in [0.29, 0.717) is 17.6 Å². The predicted molar refractivity (Wildman–Crippen MR) is 70.6 cm³/mol. The second-order valence-corrected chi connectivity index (χ2v) is 4.91. The van der Waals surface area contributed by atoms with Gasteiger partial charge in [-0.3, -0.25) is 0 Å². The van der Waals surface area contributed by atoms with Crippen molar-refractivity contribution < 1.29 is 8.91 Å². The highest BCUT2D eigenvalue weighted by atomic mass is 79.9. The minimum Gasteiger partial charge on any atom is -0.361 e. The smallest absolute Gasteiger partial charge is 0.138 e. The summed E-state index contributed by atoms with van der Waals surface area (Å²) in [6.07, 6.45) is 0. The van der Waals surface area contributed by atoms with Crippen molar-refractivity contribution in [2.24, 2.45) is 0 Å². The van der Waals surface area contributed by atoms with Gasteiger partial charge in [-0.15, -0.1) is 0 Å². The summed E-state index contributed by atoms with van der Waals surface area (Å²) >= 11 is 3.24. The first-order chi connectivity index (χ1) is 8.59. The summed E-state index contributed by atoms with van der Waals surface area (Å²) in [4.78, 5) is 0. The van der Waals surface area contributed by atoms with Crippen LogP contribution in [0.3, 0.4) is 0 Å². The molecule has 0 aliphatic heterocycles. The number of hydrogen-bond donors (Lipinski definition) is 1. The highest BCUT2D eigenvalue weighted by Crippen LogP contribution is 2.20. The van der Waals surface area contributed by atoms with Crippen molar-refractivity contribution in [2.45, 2.75) is 26.9 Å². The summed E-state index contributed by atoms with van der Waals surface area (Å²) in [5.41, 5.74) is 2.84. The molecule has 0 atom stereocenters. The van der Waals surface area contributed by atoms with E-state index >= 15 is 0 Å². The van der Waals surface area contributed by atoms with Gasteiger partial charge in [0, 0.05) is 18.7 Å². The number of rotatable bonds is 4. The number of halogens is 2. The van der Waals surface area contributed by atoms with Crippen LogP contribution in [0.25, 0.3) is 0 Å². The Morgan fingerprint density at radius 3 is 2.78 bits per heavy atom. The lowest BCUT2D eigenvalue weighted by molar-refractivity contribution is 0.392. The lowest BCUT2D eigenvalue weighted by Gasteiger charge is -2.07. The number of aryl methyl sites for hydroxylation is 2. The van der Waals surface area contributed by atoms with Gasteiger partial charge in [-0.05, 0) is 41.4 Å². The van der Waals surface area contributed by atoms with Gasteiger partial charge in [0.2, 0.25) is 0 Å². The van der Waals surface area contributed by atoms with E-state index < -0.39 is 0 Å². The zero-order valence-corrected chi connectivity index (χ0v) is 11.8. The maximum Gasteiger partial charge on any atom is 0.138 e. The molecule has 18 heavy (non-hydrogen) atoms. The summed E-state index contributed by atoms with van der Waals surface area (Å²) < 4.78 is 18.9. The third kappa shape index (κ3) is 2.79. The van der Waals surface area contributed by atoms with Gasteiger partial charge in [-0.25, -0.2) is 4.39 Å². The number of nitrogens with one attached hydrogen (secondary N) is 1. The van der Waals surface area contributed by atoms with Crippen LogP contribution < -0.4 is 5.32 Å². The molecule has 0 amide bonds. The van der Waals surface area contributed by atoms with E-state index in [1.54, 1.807) is 6.07 Å². The molecule has 5 heteroatoms. The Bertz CT molecular complexity index is 534. The molecule has 1 aromatic carbocycles. The Balaban J connectivity index is 1.99. The van der Waals surface area contributed by atoms with Crippen LogP contribution in [0.15, 0.2) is 27.2 Å². The van der Waals surface area contributed by atoms with Crippen LogP contribution in [-0.4, -0.2) is 5.16 Å². The molecule has 2 rings (SSSR count). The molecule has 1 N–H and O–H groups in total. The van der Waals surface area contributed by atoms with E-state index in [-0.39, 0.29) is 5.82 Å². The van der Waals surface area contributed by atoms with E-state index in [2.05, 4.69) is 26.4 Å². The molecular weight excluding hydrogens is 299 g/mol. The van der Waals surface area contributed by atoms with Crippen LogP contribution >= 0.6 is 15.9 Å². The lowest BCUT2D eigenvalue weighted by atomic mass is 10.2. The molecule has 1 heterocycles. The third-order valence-corrected chi connectivity index (χ3v) is 3.72. The highest BCUT2D eigenvalue weighted by Gasteiger charge is 2.09. The monoisotopic (exact) mass is 312 g/mol. The molecule has 0 saturated heterocycles. The molecule has 0 fully saturated rings. The minimum absolute atomic E-state index is 0.244. The van der Waals surface area contributed by atoms with Crippen LogP contribution in [0.2, 0.25) is 0 Å². The molecular formula is C13H14BrFN2O. The molecule has 0 spiro atoms. The Kier molecular flexibility index (Phi) is 4.14. The van der Waals surface area contributed by atoms with Gasteiger partial charge in [0.1, 0.15) is 11.6 Å². The van der Waals surface area contributed by atoms with Crippen molar-refractivity contribution >= 4 is 15.9 Å². The Hall–Kier alpha value is -1.20. The Morgan fingerprint density at radius 1 is 1.33 bits per heavy atom. The van der Waals surface area contributed by atoms with E-state index in [9.17, 15) is 4.39 Å². The van der Waals surface area contributed by atoms with Crippen LogP contribution in [-0.2, 0) is 13.1 Å². The van der Waals surface area contributed by atoms with E-state index in [4.69, 9.17) is 4.52 Å². The highest BCUT2D eigenvalue weighted by molar-refractivity contribution is 9.10. The second kappa shape index (κ2) is 5.63. The Labute approximate surface area is 113 Å². The lowest BCUT2D eigenvalue weighted by Crippen LogP contribution is -2.14. The molecule has 0 bridgehead atoms. The summed E-state index contributed by atoms with van der Waals surface area (Å²) in [6.45, 7) is 5.03. The average molecular weight is 313 g/mol. The van der Waals surface area contributed by atoms with Gasteiger partial charge in [-0.1, -0.05) is 17.3 Å². The van der Waals surface area contributed by atoms with E-state index in [1.807, 2.05) is 19.9 Å². The largest absolute Gasteiger partial charge is 0.361 e. The predicted octanol–water partition coefficient (Wildman–Crippen LogP) is 3.48. The molecule has 0 unspecified atom stereocenters. The topological polar surface area (TPSA) is 38.1 Å². The molecule has 2 aromatic rings. The zero-order valence-electron chi connectivity index (χ0n) is 10.3. The molecule has 1 aromatic heterocycles. The second-order valence-electron chi connectivity index (χ2n) is 4.12. The molecule has 0 aliphatic carbocycles. The van der Waals surface area contributed by atoms with E-state index in [1.165, 1.54) is 6.07 Å². The zero-order chi connectivity index (χ0) is 13.1. The van der Waals surface area contributed by atoms with Crippen LogP contribution in [0.5, 0.6) is 0 Å². The van der Waals surface area contributed by atoms with Crippen molar-refractivity contribution in [3.63, 3.8) is 0 Å². The fraction of sp³-hybridized carbons (Fsp3) is 0.308. The van der Waals surface area contributed by atoms with Gasteiger partial charge in [0.05, 0.1) is 10.2 Å². The van der Waals surface area contributed by atoms with Crippen molar-refractivity contribution in [2.75, 3.05) is 0 Å². The molecule has 96 valence electrons. The SMILES string of the molecule is Cc1noc(C)c1CNCc1cccc(F)c1Br. The summed E-state index contributed by atoms with van der Waals surface area (Å²) in [5, 5.41) is 7.15. The third-order valence-electron chi connectivity index (χ3n) is 2.83. The maximum absolute atomic E-state index is 13.3. The summed E-state index contributed by atoms with van der Waals surface area (Å²) in [5.74, 6) is 0.574. The number of benzene rings is 1. The maximum atomic E-state index is 13.3. The van der Waals surface area contributed by atoms with Crippen molar-refractivity contribution in [3.8, 4) is 0 Å². The Morgan fingerprint density at radius 2 is 2.11 bits per heavy atom. The van der Waals surface area contributed by atoms with Gasteiger partial charge in [0.25, 0.3) is 0 Å². The average Bonchev–Trinajstić information content (AvgIpc) is 2.66. The van der Waals surface area contributed by atoms with Crippen LogP contribution in [0.4, 0.5) is 4.39 Å². The van der Waals surface area contributed by atoms with Crippen molar-refractivity contribution in [1.82, 2.24) is 10.5 Å². The fourth-order valence-electron chi connectivity index (χ4n) is 1.76. The molecule has 3 nitrogen and oxygen atoms in total. The molecule has 0 aliphatic rings. The quantitative estimate of drug-likeness (QED) is 0.939. The standard InChI is InChI=1S/C13H14BrFN2O/c1-8-11(9(2)18-17-8)7-16-6-10-4-3-5-12(15)13(10)14/h3-5,16H,6-7H2,1-2H3. The number of aromatic nitrogens is 1. The first kappa shape index (κ1) is 13.2. The van der Waals surface area contributed by atoms with Crippen molar-refractivity contribution in [3.05, 3.63) is 51.1 Å². The summed E-state index contributed by atoms with van der Waals surface area (Å²) in [7, 11) is 0. The minimum atomic E-state index is -0.244. The van der Waals surface area contributed by atoms with Crippen LogP contribution in [0, 0.1) is 19.7 Å². The first-order valence-electron chi connectivity index (χ1n) is 5.65. The van der Waals surface area contributed by atoms with Gasteiger partial charge >= 0.3 is 0 Å². The molecule has 0 radical (unpaired) electrons. The molecule has 0 saturated carbocycles. The van der Waals surface area contributed by atoms with Crippen LogP contribution in [0.1, 0.15) is 22.6 Å². The van der Waals surface area contributed by atoms with Crippen molar-refractivity contribution in [1.29, 1.82) is 0 Å². The van der Waals surface area contributed by atoms with Gasteiger partial charge in [-0.2, -0.15) is 0 Å². The van der Waals surface area contributed by atoms with Gasteiger partial charge in [0.15, 0.2) is 0 Å². The fourth-order valence-corrected chi connectivity index (χ4v) is 2.17. The first-order valence-corrected chi connectivity index (χ1v) is 6.44.